The van der Waals surface area contributed by atoms with Gasteiger partial charge >= 0.3 is 6.03 Å². The van der Waals surface area contributed by atoms with E-state index in [1.807, 2.05) is 19.1 Å². The zero-order valence-corrected chi connectivity index (χ0v) is 11.0. The van der Waals surface area contributed by atoms with E-state index < -0.39 is 0 Å². The second-order valence-corrected chi connectivity index (χ2v) is 5.22. The topological polar surface area (TPSA) is 41.1 Å². The van der Waals surface area contributed by atoms with E-state index in [2.05, 4.69) is 41.0 Å². The lowest BCUT2D eigenvalue weighted by Gasteiger charge is -2.15. The molecule has 3 nitrogen and oxygen atoms in total. The van der Waals surface area contributed by atoms with Crippen LogP contribution >= 0.6 is 0 Å². The summed E-state index contributed by atoms with van der Waals surface area (Å²) in [5.41, 5.74) is 1.13. The Balaban J connectivity index is 1.72. The van der Waals surface area contributed by atoms with Gasteiger partial charge in [0.25, 0.3) is 0 Å². The van der Waals surface area contributed by atoms with Crippen LogP contribution in [0.2, 0.25) is 0 Å². The predicted octanol–water partition coefficient (Wildman–Crippen LogP) is 3.36. The van der Waals surface area contributed by atoms with Crippen molar-refractivity contribution in [2.45, 2.75) is 31.8 Å². The summed E-state index contributed by atoms with van der Waals surface area (Å²) >= 11 is 0. The number of hydrogen-bond acceptors (Lipinski definition) is 1. The summed E-state index contributed by atoms with van der Waals surface area (Å²) < 4.78 is 0. The monoisotopic (exact) mass is 254 g/mol. The van der Waals surface area contributed by atoms with Crippen LogP contribution in [0.25, 0.3) is 10.8 Å². The molecule has 3 heteroatoms. The van der Waals surface area contributed by atoms with Crippen molar-refractivity contribution in [3.05, 3.63) is 48.0 Å². The first-order valence-corrected chi connectivity index (χ1v) is 6.78. The molecule has 0 bridgehead atoms. The second kappa shape index (κ2) is 4.92. The van der Waals surface area contributed by atoms with Crippen LogP contribution in [0.15, 0.2) is 42.5 Å². The Bertz CT molecular complexity index is 604. The van der Waals surface area contributed by atoms with E-state index in [1.165, 1.54) is 10.8 Å². The molecule has 0 aliphatic heterocycles. The van der Waals surface area contributed by atoms with Gasteiger partial charge in [-0.2, -0.15) is 0 Å². The Kier molecular flexibility index (Phi) is 3.11. The molecule has 2 aromatic rings. The number of fused-ring (bicyclic) bond motifs is 1. The van der Waals surface area contributed by atoms with Crippen LogP contribution < -0.4 is 10.6 Å². The molecule has 98 valence electrons. The fourth-order valence-electron chi connectivity index (χ4n) is 2.21. The smallest absolute Gasteiger partial charge is 0.315 e. The van der Waals surface area contributed by atoms with Gasteiger partial charge in [-0.25, -0.2) is 4.79 Å². The first-order valence-electron chi connectivity index (χ1n) is 6.78. The van der Waals surface area contributed by atoms with Gasteiger partial charge < -0.3 is 10.6 Å². The molecule has 0 saturated heterocycles. The number of benzene rings is 2. The first-order chi connectivity index (χ1) is 9.22. The molecule has 0 spiro atoms. The highest BCUT2D eigenvalue weighted by molar-refractivity contribution is 5.83. The van der Waals surface area contributed by atoms with Gasteiger partial charge in [0.1, 0.15) is 0 Å². The highest BCUT2D eigenvalue weighted by Gasteiger charge is 2.23. The Hall–Kier alpha value is -2.03. The first kappa shape index (κ1) is 12.0. The molecule has 1 aliphatic carbocycles. The highest BCUT2D eigenvalue weighted by atomic mass is 16.2. The van der Waals surface area contributed by atoms with Crippen molar-refractivity contribution in [3.8, 4) is 0 Å². The molecule has 19 heavy (non-hydrogen) atoms. The van der Waals surface area contributed by atoms with Crippen LogP contribution in [0.1, 0.15) is 31.4 Å². The minimum Gasteiger partial charge on any atom is -0.335 e. The summed E-state index contributed by atoms with van der Waals surface area (Å²) in [6.45, 7) is 2.01. The molecule has 0 heterocycles. The third kappa shape index (κ3) is 2.87. The maximum absolute atomic E-state index is 11.7. The van der Waals surface area contributed by atoms with Crippen molar-refractivity contribution in [3.63, 3.8) is 0 Å². The van der Waals surface area contributed by atoms with Crippen molar-refractivity contribution in [2.75, 3.05) is 0 Å². The number of nitrogens with one attached hydrogen (secondary N) is 2. The van der Waals surface area contributed by atoms with E-state index in [9.17, 15) is 4.79 Å². The standard InChI is InChI=1S/C16H18N2O/c1-11(17-16(19)18-15-8-9-15)13-7-6-12-4-2-3-5-14(12)10-13/h2-7,10-11,15H,8-9H2,1H3,(H2,17,18,19)/t11-/m0/s1. The Morgan fingerprint density at radius 1 is 1.16 bits per heavy atom. The van der Waals surface area contributed by atoms with Crippen LogP contribution in [0.5, 0.6) is 0 Å². The molecule has 1 fully saturated rings. The van der Waals surface area contributed by atoms with Crippen molar-refractivity contribution in [1.82, 2.24) is 10.6 Å². The van der Waals surface area contributed by atoms with E-state index >= 15 is 0 Å². The summed E-state index contributed by atoms with van der Waals surface area (Å²) in [5.74, 6) is 0. The van der Waals surface area contributed by atoms with Gasteiger partial charge in [-0.15, -0.1) is 0 Å². The minimum atomic E-state index is -0.0665. The molecule has 2 N–H and O–H groups in total. The van der Waals surface area contributed by atoms with Crippen molar-refractivity contribution >= 4 is 16.8 Å². The number of hydrogen-bond donors (Lipinski definition) is 2. The molecular weight excluding hydrogens is 236 g/mol. The SMILES string of the molecule is C[C@H](NC(=O)NC1CC1)c1ccc2ccccc2c1. The molecule has 3 rings (SSSR count). The van der Waals surface area contributed by atoms with E-state index in [-0.39, 0.29) is 12.1 Å². The van der Waals surface area contributed by atoms with Gasteiger partial charge in [-0.1, -0.05) is 36.4 Å². The maximum atomic E-state index is 11.7. The molecule has 1 saturated carbocycles. The average Bonchev–Trinajstić information content (AvgIpc) is 3.21. The van der Waals surface area contributed by atoms with Crippen molar-refractivity contribution in [2.24, 2.45) is 0 Å². The minimum absolute atomic E-state index is 0.0170. The van der Waals surface area contributed by atoms with Crippen LogP contribution in [0.3, 0.4) is 0 Å². The third-order valence-electron chi connectivity index (χ3n) is 3.53. The molecule has 1 atom stereocenters. The van der Waals surface area contributed by atoms with Crippen LogP contribution in [0, 0.1) is 0 Å². The second-order valence-electron chi connectivity index (χ2n) is 5.22. The lowest BCUT2D eigenvalue weighted by atomic mass is 10.0. The fraction of sp³-hybridized carbons (Fsp3) is 0.312. The van der Waals surface area contributed by atoms with E-state index in [0.717, 1.165) is 18.4 Å². The lowest BCUT2D eigenvalue weighted by Crippen LogP contribution is -2.38. The predicted molar refractivity (Wildman–Crippen MR) is 77.1 cm³/mol. The molecule has 0 unspecified atom stereocenters. The summed E-state index contributed by atoms with van der Waals surface area (Å²) in [4.78, 5) is 11.7. The number of rotatable bonds is 3. The summed E-state index contributed by atoms with van der Waals surface area (Å²) in [5, 5.41) is 8.35. The third-order valence-corrected chi connectivity index (χ3v) is 3.53. The van der Waals surface area contributed by atoms with Gasteiger partial charge in [0.15, 0.2) is 0 Å². The Morgan fingerprint density at radius 2 is 1.89 bits per heavy atom. The summed E-state index contributed by atoms with van der Waals surface area (Å²) in [7, 11) is 0. The molecule has 2 aromatic carbocycles. The van der Waals surface area contributed by atoms with Gasteiger partial charge in [-0.3, -0.25) is 0 Å². The highest BCUT2D eigenvalue weighted by Crippen LogP contribution is 2.21. The summed E-state index contributed by atoms with van der Waals surface area (Å²) in [6, 6.07) is 14.9. The number of carbonyl (C=O) groups is 1. The molecular formula is C16H18N2O. The fourth-order valence-corrected chi connectivity index (χ4v) is 2.21. The Labute approximate surface area is 113 Å². The van der Waals surface area contributed by atoms with Gasteiger partial charge in [0.2, 0.25) is 0 Å². The molecule has 1 aliphatic rings. The number of urea groups is 1. The number of amides is 2. The molecule has 2 amide bonds. The maximum Gasteiger partial charge on any atom is 0.315 e. The van der Waals surface area contributed by atoms with Gasteiger partial charge in [0.05, 0.1) is 6.04 Å². The van der Waals surface area contributed by atoms with E-state index in [1.54, 1.807) is 0 Å². The zero-order chi connectivity index (χ0) is 13.2. The van der Waals surface area contributed by atoms with Crippen LogP contribution in [0.4, 0.5) is 4.79 Å². The van der Waals surface area contributed by atoms with Gasteiger partial charge in [-0.05, 0) is 42.2 Å². The average molecular weight is 254 g/mol. The molecule has 0 aromatic heterocycles. The van der Waals surface area contributed by atoms with E-state index in [0.29, 0.717) is 6.04 Å². The molecule has 0 radical (unpaired) electrons. The van der Waals surface area contributed by atoms with E-state index in [4.69, 9.17) is 0 Å². The van der Waals surface area contributed by atoms with Gasteiger partial charge in [0, 0.05) is 6.04 Å². The normalized spacial score (nSPS) is 16.1. The lowest BCUT2D eigenvalue weighted by molar-refractivity contribution is 0.237. The quantitative estimate of drug-likeness (QED) is 0.866. The number of carbonyl (C=O) groups excluding carboxylic acids is 1. The largest absolute Gasteiger partial charge is 0.335 e. The van der Waals surface area contributed by atoms with Crippen molar-refractivity contribution in [1.29, 1.82) is 0 Å². The Morgan fingerprint density at radius 3 is 2.63 bits per heavy atom. The van der Waals surface area contributed by atoms with Crippen molar-refractivity contribution < 1.29 is 4.79 Å². The van der Waals surface area contributed by atoms with Crippen LogP contribution in [-0.4, -0.2) is 12.1 Å². The summed E-state index contributed by atoms with van der Waals surface area (Å²) in [6.07, 6.45) is 2.22. The zero-order valence-electron chi connectivity index (χ0n) is 11.0. The van der Waals surface area contributed by atoms with Crippen LogP contribution in [-0.2, 0) is 0 Å².